The molecule has 11 nitrogen and oxygen atoms in total. The second kappa shape index (κ2) is 16.0. The summed E-state index contributed by atoms with van der Waals surface area (Å²) in [6.45, 7) is 5.39. The first-order valence-electron chi connectivity index (χ1n) is 15.6. The molecule has 46 heavy (non-hydrogen) atoms. The number of fused-ring (bicyclic) bond motifs is 1. The van der Waals surface area contributed by atoms with Crippen LogP contribution < -0.4 is 15.2 Å². The third-order valence-corrected chi connectivity index (χ3v) is 9.87. The molecule has 0 aliphatic rings. The number of methoxy groups -OCH3 is 1. The summed E-state index contributed by atoms with van der Waals surface area (Å²) < 4.78 is 46.9. The van der Waals surface area contributed by atoms with Crippen molar-refractivity contribution in [2.75, 3.05) is 33.9 Å². The number of nitrogens with zero attached hydrogens (tertiary/aromatic N) is 4. The van der Waals surface area contributed by atoms with Gasteiger partial charge in [-0.3, -0.25) is 4.79 Å². The second-order valence-corrected chi connectivity index (χ2v) is 13.4. The van der Waals surface area contributed by atoms with E-state index < -0.39 is 15.9 Å². The van der Waals surface area contributed by atoms with Crippen LogP contribution >= 0.6 is 0 Å². The van der Waals surface area contributed by atoms with Crippen molar-refractivity contribution in [3.05, 3.63) is 76.9 Å². The van der Waals surface area contributed by atoms with Gasteiger partial charge in [-0.2, -0.15) is 4.31 Å². The second-order valence-electron chi connectivity index (χ2n) is 11.3. The smallest absolute Gasteiger partial charge is 0.306 e. The first kappa shape index (κ1) is 34.9. The van der Waals surface area contributed by atoms with Crippen molar-refractivity contribution in [2.24, 2.45) is 12.8 Å². The monoisotopic (exact) mass is 651 g/mol. The van der Waals surface area contributed by atoms with E-state index in [4.69, 9.17) is 19.9 Å². The molecule has 1 atom stereocenters. The molecule has 0 saturated heterocycles. The van der Waals surface area contributed by atoms with Crippen LogP contribution in [0.15, 0.2) is 59.5 Å². The van der Waals surface area contributed by atoms with Crippen LogP contribution in [0.1, 0.15) is 67.2 Å². The molecule has 0 saturated carbocycles. The van der Waals surface area contributed by atoms with Crippen LogP contribution in [0.2, 0.25) is 0 Å². The molecule has 1 aromatic heterocycles. The summed E-state index contributed by atoms with van der Waals surface area (Å²) in [7, 11) is 1.15. The summed E-state index contributed by atoms with van der Waals surface area (Å²) >= 11 is 0. The van der Waals surface area contributed by atoms with Gasteiger partial charge in [0.15, 0.2) is 0 Å². The zero-order valence-electron chi connectivity index (χ0n) is 27.4. The predicted octanol–water partition coefficient (Wildman–Crippen LogP) is 5.09. The van der Waals surface area contributed by atoms with Crippen molar-refractivity contribution in [3.63, 3.8) is 0 Å². The Hall–Kier alpha value is -4.00. The lowest BCUT2D eigenvalue weighted by molar-refractivity contribution is -0.143. The number of aromatic nitrogens is 3. The lowest BCUT2D eigenvalue weighted by Gasteiger charge is -2.22. The molecular formula is C34H45N5O6S. The molecule has 0 fully saturated rings. The highest BCUT2D eigenvalue weighted by molar-refractivity contribution is 7.89. The van der Waals surface area contributed by atoms with Gasteiger partial charge in [0.25, 0.3) is 0 Å². The molecular weight excluding hydrogens is 606 g/mol. The first-order chi connectivity index (χ1) is 22.1. The highest BCUT2D eigenvalue weighted by Gasteiger charge is 2.25. The van der Waals surface area contributed by atoms with Crippen LogP contribution in [-0.2, 0) is 33.1 Å². The van der Waals surface area contributed by atoms with Crippen LogP contribution in [0.5, 0.6) is 11.5 Å². The van der Waals surface area contributed by atoms with Crippen molar-refractivity contribution >= 4 is 27.0 Å². The van der Waals surface area contributed by atoms with E-state index in [1.807, 2.05) is 37.3 Å². The number of carbonyl (C=O) groups is 1. The largest absolute Gasteiger partial charge is 0.494 e. The van der Waals surface area contributed by atoms with Gasteiger partial charge in [-0.1, -0.05) is 36.3 Å². The molecule has 248 valence electrons. The number of hydrogen-bond donors (Lipinski definition) is 1. The number of nitrogens with two attached hydrogens (primary N) is 1. The molecule has 0 bridgehead atoms. The fraction of sp³-hybridized carbons (Fsp3) is 0.441. The standard InChI is InChI=1S/C34H45N5O6S/c1-6-44-33(40)22-30(26-20-31-34(32(21-26)43-5)39(4)37-36-31)25-12-11-24(2)27(19-25)23-38(3)46(41,42)29-15-13-28(14-16-29)45-18-10-8-7-9-17-35/h11-16,19-21,30H,6-10,17-18,22-23,35H2,1-5H3. The van der Waals surface area contributed by atoms with Gasteiger partial charge in [0.05, 0.1) is 31.6 Å². The fourth-order valence-electron chi connectivity index (χ4n) is 5.43. The van der Waals surface area contributed by atoms with Crippen molar-refractivity contribution in [1.82, 2.24) is 19.3 Å². The van der Waals surface area contributed by atoms with E-state index in [1.165, 1.54) is 4.31 Å². The van der Waals surface area contributed by atoms with Gasteiger partial charge in [0, 0.05) is 26.6 Å². The normalized spacial score (nSPS) is 12.4. The van der Waals surface area contributed by atoms with Crippen LogP contribution in [-0.4, -0.2) is 67.6 Å². The van der Waals surface area contributed by atoms with Gasteiger partial charge in [-0.05, 0) is 91.9 Å². The van der Waals surface area contributed by atoms with Crippen molar-refractivity contribution in [2.45, 2.75) is 63.3 Å². The SMILES string of the molecule is CCOC(=O)CC(c1ccc(C)c(CN(C)S(=O)(=O)c2ccc(OCCCCCCN)cc2)c1)c1cc(OC)c2c(c1)nnn2C. The van der Waals surface area contributed by atoms with Crippen molar-refractivity contribution in [3.8, 4) is 11.5 Å². The summed E-state index contributed by atoms with van der Waals surface area (Å²) in [5.41, 5.74) is 10.3. The Morgan fingerprint density at radius 2 is 1.76 bits per heavy atom. The predicted molar refractivity (Wildman–Crippen MR) is 177 cm³/mol. The summed E-state index contributed by atoms with van der Waals surface area (Å²) in [6.07, 6.45) is 4.13. The maximum Gasteiger partial charge on any atom is 0.306 e. The molecule has 0 spiro atoms. The summed E-state index contributed by atoms with van der Waals surface area (Å²) in [4.78, 5) is 13.0. The Morgan fingerprint density at radius 3 is 2.46 bits per heavy atom. The van der Waals surface area contributed by atoms with Crippen LogP contribution in [0.25, 0.3) is 11.0 Å². The average Bonchev–Trinajstić information content (AvgIpc) is 3.42. The summed E-state index contributed by atoms with van der Waals surface area (Å²) in [6, 6.07) is 16.2. The Morgan fingerprint density at radius 1 is 1.02 bits per heavy atom. The Kier molecular flexibility index (Phi) is 12.1. The molecule has 3 aromatic carbocycles. The van der Waals surface area contributed by atoms with Gasteiger partial charge in [0.2, 0.25) is 10.0 Å². The van der Waals surface area contributed by atoms with Crippen LogP contribution in [0.3, 0.4) is 0 Å². The summed E-state index contributed by atoms with van der Waals surface area (Å²) in [5.74, 6) is 0.485. The number of carbonyl (C=O) groups excluding carboxylic acids is 1. The van der Waals surface area contributed by atoms with Gasteiger partial charge in [-0.25, -0.2) is 13.1 Å². The maximum atomic E-state index is 13.6. The van der Waals surface area contributed by atoms with Gasteiger partial charge in [0.1, 0.15) is 22.5 Å². The lowest BCUT2D eigenvalue weighted by atomic mass is 9.86. The van der Waals surface area contributed by atoms with Gasteiger partial charge >= 0.3 is 5.97 Å². The lowest BCUT2D eigenvalue weighted by Crippen LogP contribution is -2.27. The molecule has 0 aliphatic heterocycles. The molecule has 2 N–H and O–H groups in total. The number of rotatable bonds is 17. The number of benzene rings is 3. The highest BCUT2D eigenvalue weighted by atomic mass is 32.2. The topological polar surface area (TPSA) is 139 Å². The zero-order chi connectivity index (χ0) is 33.3. The molecule has 1 unspecified atom stereocenters. The molecule has 4 rings (SSSR count). The third-order valence-electron chi connectivity index (χ3n) is 8.05. The highest BCUT2D eigenvalue weighted by Crippen LogP contribution is 2.36. The minimum Gasteiger partial charge on any atom is -0.494 e. The molecule has 0 amide bonds. The average molecular weight is 652 g/mol. The number of sulfonamides is 1. The van der Waals surface area contributed by atoms with E-state index in [-0.39, 0.29) is 30.4 Å². The quantitative estimate of drug-likeness (QED) is 0.122. The Bertz CT molecular complexity index is 1720. The third kappa shape index (κ3) is 8.42. The van der Waals surface area contributed by atoms with Crippen molar-refractivity contribution < 1.29 is 27.4 Å². The number of aryl methyl sites for hydroxylation is 2. The molecule has 12 heteroatoms. The molecule has 0 radical (unpaired) electrons. The Labute approximate surface area is 271 Å². The molecule has 1 heterocycles. The fourth-order valence-corrected chi connectivity index (χ4v) is 6.58. The number of hydrogen-bond acceptors (Lipinski definition) is 9. The number of ether oxygens (including phenoxy) is 3. The van der Waals surface area contributed by atoms with Gasteiger partial charge < -0.3 is 19.9 Å². The maximum absolute atomic E-state index is 13.6. The van der Waals surface area contributed by atoms with E-state index >= 15 is 0 Å². The van der Waals surface area contributed by atoms with E-state index in [0.29, 0.717) is 30.2 Å². The van der Waals surface area contributed by atoms with Crippen LogP contribution in [0.4, 0.5) is 0 Å². The first-order valence-corrected chi connectivity index (χ1v) is 17.0. The van der Waals surface area contributed by atoms with E-state index in [0.717, 1.165) is 53.5 Å². The minimum atomic E-state index is -3.79. The van der Waals surface area contributed by atoms with Crippen molar-refractivity contribution in [1.29, 1.82) is 0 Å². The van der Waals surface area contributed by atoms with E-state index in [2.05, 4.69) is 10.3 Å². The van der Waals surface area contributed by atoms with Crippen LogP contribution in [0, 0.1) is 6.92 Å². The number of esters is 1. The number of unbranched alkanes of at least 4 members (excludes halogenated alkanes) is 3. The summed E-state index contributed by atoms with van der Waals surface area (Å²) in [5, 5.41) is 8.40. The Balaban J connectivity index is 1.56. The molecule has 4 aromatic rings. The minimum absolute atomic E-state index is 0.0848. The zero-order valence-corrected chi connectivity index (χ0v) is 28.2. The van der Waals surface area contributed by atoms with E-state index in [9.17, 15) is 13.2 Å². The van der Waals surface area contributed by atoms with E-state index in [1.54, 1.807) is 57.1 Å². The molecule has 0 aliphatic carbocycles. The van der Waals surface area contributed by atoms with Gasteiger partial charge in [-0.15, -0.1) is 5.10 Å².